The van der Waals surface area contributed by atoms with E-state index in [1.807, 2.05) is 0 Å². The van der Waals surface area contributed by atoms with Crippen molar-refractivity contribution >= 4 is 27.5 Å². The molecule has 1 heterocycles. The zero-order valence-electron chi connectivity index (χ0n) is 9.53. The van der Waals surface area contributed by atoms with Crippen LogP contribution >= 0.6 is 27.5 Å². The van der Waals surface area contributed by atoms with E-state index in [9.17, 15) is 0 Å². The molecule has 1 nitrogen and oxygen atoms in total. The van der Waals surface area contributed by atoms with Crippen LogP contribution in [0.2, 0.25) is 0 Å². The fourth-order valence-electron chi connectivity index (χ4n) is 1.94. The van der Waals surface area contributed by atoms with Gasteiger partial charge in [-0.2, -0.15) is 4.37 Å². The summed E-state index contributed by atoms with van der Waals surface area (Å²) in [7, 11) is 0. The monoisotopic (exact) mass is 307 g/mol. The topological polar surface area (TPSA) is 12.9 Å². The molecule has 17 heavy (non-hydrogen) atoms. The summed E-state index contributed by atoms with van der Waals surface area (Å²) < 4.78 is 5.66. The van der Waals surface area contributed by atoms with Gasteiger partial charge in [-0.25, -0.2) is 0 Å². The van der Waals surface area contributed by atoms with E-state index >= 15 is 0 Å². The summed E-state index contributed by atoms with van der Waals surface area (Å²) in [5, 5.41) is 0. The van der Waals surface area contributed by atoms with Gasteiger partial charge in [-0.05, 0) is 48.5 Å². The summed E-state index contributed by atoms with van der Waals surface area (Å²) in [5.74, 6) is 1.01. The quantitative estimate of drug-likeness (QED) is 0.781. The molecule has 0 N–H and O–H groups in total. The third-order valence-electron chi connectivity index (χ3n) is 3.19. The van der Waals surface area contributed by atoms with Crippen LogP contribution in [0.1, 0.15) is 24.1 Å². The molecule has 1 fully saturated rings. The molecule has 0 atom stereocenters. The third-order valence-corrected chi connectivity index (χ3v) is 4.57. The molecule has 0 aliphatic heterocycles. The molecular weight excluding hydrogens is 294 g/mol. The van der Waals surface area contributed by atoms with E-state index < -0.39 is 0 Å². The molecule has 1 aromatic heterocycles. The molecule has 0 amide bonds. The fraction of sp³-hybridized carbons (Fsp3) is 0.357. The van der Waals surface area contributed by atoms with E-state index in [0.29, 0.717) is 0 Å². The lowest BCUT2D eigenvalue weighted by Crippen LogP contribution is -1.81. The van der Waals surface area contributed by atoms with Gasteiger partial charge in [0.15, 0.2) is 0 Å². The Morgan fingerprint density at radius 2 is 2.00 bits per heavy atom. The maximum atomic E-state index is 4.54. The summed E-state index contributed by atoms with van der Waals surface area (Å²) in [6.45, 7) is 0. The van der Waals surface area contributed by atoms with Gasteiger partial charge in [0.2, 0.25) is 0 Å². The molecule has 2 aromatic rings. The predicted molar refractivity (Wildman–Crippen MR) is 76.3 cm³/mol. The molecule has 0 radical (unpaired) electrons. The molecule has 1 aliphatic carbocycles. The Balaban J connectivity index is 1.72. The number of halogens is 1. The van der Waals surface area contributed by atoms with E-state index in [2.05, 4.69) is 50.6 Å². The third kappa shape index (κ3) is 2.96. The second-order valence-corrected chi connectivity index (χ2v) is 6.47. The Morgan fingerprint density at radius 1 is 1.24 bits per heavy atom. The SMILES string of the molecule is Brc1ccc(-c2cc(CCC3CC3)sn2)cc1. The first-order valence-corrected chi connectivity index (χ1v) is 7.59. The minimum absolute atomic E-state index is 1.01. The maximum absolute atomic E-state index is 4.54. The van der Waals surface area contributed by atoms with Crippen molar-refractivity contribution in [1.29, 1.82) is 0 Å². The zero-order valence-corrected chi connectivity index (χ0v) is 11.9. The van der Waals surface area contributed by atoms with Crippen molar-refractivity contribution in [3.8, 4) is 11.3 Å². The maximum Gasteiger partial charge on any atom is 0.0843 e. The summed E-state index contributed by atoms with van der Waals surface area (Å²) in [5.41, 5.74) is 2.33. The fourth-order valence-corrected chi connectivity index (χ4v) is 2.95. The normalized spacial score (nSPS) is 15.1. The van der Waals surface area contributed by atoms with Crippen LogP contribution in [-0.4, -0.2) is 4.37 Å². The second kappa shape index (κ2) is 4.91. The first-order chi connectivity index (χ1) is 8.31. The molecule has 3 heteroatoms. The number of aromatic nitrogens is 1. The molecule has 0 unspecified atom stereocenters. The molecule has 88 valence electrons. The lowest BCUT2D eigenvalue weighted by atomic mass is 10.1. The Morgan fingerprint density at radius 3 is 2.71 bits per heavy atom. The van der Waals surface area contributed by atoms with Crippen molar-refractivity contribution in [2.75, 3.05) is 0 Å². The minimum atomic E-state index is 1.01. The summed E-state index contributed by atoms with van der Waals surface area (Å²) in [6, 6.07) is 10.6. The van der Waals surface area contributed by atoms with Gasteiger partial charge in [0, 0.05) is 14.9 Å². The van der Waals surface area contributed by atoms with E-state index in [4.69, 9.17) is 0 Å². The van der Waals surface area contributed by atoms with Crippen LogP contribution in [-0.2, 0) is 6.42 Å². The highest BCUT2D eigenvalue weighted by Gasteiger charge is 2.20. The molecule has 0 saturated heterocycles. The minimum Gasteiger partial charge on any atom is -0.192 e. The molecule has 1 aromatic carbocycles. The average molecular weight is 308 g/mol. The van der Waals surface area contributed by atoms with Gasteiger partial charge in [-0.15, -0.1) is 0 Å². The second-order valence-electron chi connectivity index (χ2n) is 4.67. The molecule has 1 saturated carbocycles. The predicted octanol–water partition coefficient (Wildman–Crippen LogP) is 4.92. The summed E-state index contributed by atoms with van der Waals surface area (Å²) >= 11 is 5.11. The lowest BCUT2D eigenvalue weighted by molar-refractivity contribution is 0.733. The largest absolute Gasteiger partial charge is 0.192 e. The van der Waals surface area contributed by atoms with Gasteiger partial charge in [0.1, 0.15) is 0 Å². The van der Waals surface area contributed by atoms with Gasteiger partial charge < -0.3 is 0 Å². The van der Waals surface area contributed by atoms with Crippen LogP contribution in [0.4, 0.5) is 0 Å². The van der Waals surface area contributed by atoms with E-state index in [1.165, 1.54) is 36.1 Å². The molecule has 0 spiro atoms. The zero-order chi connectivity index (χ0) is 11.7. The van der Waals surface area contributed by atoms with Crippen molar-refractivity contribution in [3.63, 3.8) is 0 Å². The smallest absolute Gasteiger partial charge is 0.0843 e. The number of nitrogens with zero attached hydrogens (tertiary/aromatic N) is 1. The highest BCUT2D eigenvalue weighted by Crippen LogP contribution is 2.34. The van der Waals surface area contributed by atoms with Crippen molar-refractivity contribution in [2.24, 2.45) is 5.92 Å². The summed E-state index contributed by atoms with van der Waals surface area (Å²) in [6.07, 6.45) is 5.44. The lowest BCUT2D eigenvalue weighted by Gasteiger charge is -1.96. The van der Waals surface area contributed by atoms with Crippen molar-refractivity contribution in [3.05, 3.63) is 39.7 Å². The number of benzene rings is 1. The van der Waals surface area contributed by atoms with E-state index in [1.54, 1.807) is 11.5 Å². The molecular formula is C14H14BrNS. The number of hydrogen-bond donors (Lipinski definition) is 0. The number of rotatable bonds is 4. The highest BCUT2D eigenvalue weighted by atomic mass is 79.9. The van der Waals surface area contributed by atoms with Crippen LogP contribution in [0.25, 0.3) is 11.3 Å². The van der Waals surface area contributed by atoms with E-state index in [0.717, 1.165) is 16.1 Å². The highest BCUT2D eigenvalue weighted by molar-refractivity contribution is 9.10. The van der Waals surface area contributed by atoms with Gasteiger partial charge in [0.05, 0.1) is 5.69 Å². The molecule has 3 rings (SSSR count). The number of hydrogen-bond acceptors (Lipinski definition) is 2. The summed E-state index contributed by atoms with van der Waals surface area (Å²) in [4.78, 5) is 1.43. The van der Waals surface area contributed by atoms with Gasteiger partial charge in [0.25, 0.3) is 0 Å². The van der Waals surface area contributed by atoms with Crippen LogP contribution in [0.15, 0.2) is 34.8 Å². The standard InChI is InChI=1S/C14H14BrNS/c15-12-6-4-11(5-7-12)14-9-13(17-16-14)8-3-10-1-2-10/h4-7,9-10H,1-3,8H2. The molecule has 0 bridgehead atoms. The van der Waals surface area contributed by atoms with Crippen LogP contribution in [0, 0.1) is 5.92 Å². The van der Waals surface area contributed by atoms with Gasteiger partial charge in [-0.3, -0.25) is 0 Å². The number of aryl methyl sites for hydroxylation is 1. The first kappa shape index (κ1) is 11.4. The molecule has 1 aliphatic rings. The van der Waals surface area contributed by atoms with Gasteiger partial charge >= 0.3 is 0 Å². The Labute approximate surface area is 114 Å². The van der Waals surface area contributed by atoms with Crippen molar-refractivity contribution in [1.82, 2.24) is 4.37 Å². The Bertz CT molecular complexity index is 499. The first-order valence-electron chi connectivity index (χ1n) is 6.03. The van der Waals surface area contributed by atoms with Crippen molar-refractivity contribution in [2.45, 2.75) is 25.7 Å². The van der Waals surface area contributed by atoms with Gasteiger partial charge in [-0.1, -0.05) is 40.9 Å². The Kier molecular flexibility index (Phi) is 3.30. The average Bonchev–Trinajstić information content (AvgIpc) is 3.06. The van der Waals surface area contributed by atoms with Crippen LogP contribution in [0.3, 0.4) is 0 Å². The van der Waals surface area contributed by atoms with Crippen LogP contribution < -0.4 is 0 Å². The van der Waals surface area contributed by atoms with Crippen LogP contribution in [0.5, 0.6) is 0 Å². The van der Waals surface area contributed by atoms with E-state index in [-0.39, 0.29) is 0 Å². The van der Waals surface area contributed by atoms with Crippen molar-refractivity contribution < 1.29 is 0 Å². The Hall–Kier alpha value is -0.670.